The second kappa shape index (κ2) is 27.1. The molecule has 5 aromatic rings. The van der Waals surface area contributed by atoms with Crippen molar-refractivity contribution in [2.24, 2.45) is 29.4 Å². The second-order valence-electron chi connectivity index (χ2n) is 28.8. The molecule has 0 unspecified atom stereocenters. The van der Waals surface area contributed by atoms with Gasteiger partial charge in [0, 0.05) is 86.5 Å². The summed E-state index contributed by atoms with van der Waals surface area (Å²) in [6.07, 6.45) is 29.1. The highest BCUT2D eigenvalue weighted by molar-refractivity contribution is 5.98. The molecule has 4 aromatic carbocycles. The fourth-order valence-corrected chi connectivity index (χ4v) is 18.9. The van der Waals surface area contributed by atoms with E-state index in [2.05, 4.69) is 89.1 Å². The number of hydrogen-bond acceptors (Lipinski definition) is 9. The Labute approximate surface area is 526 Å². The minimum atomic E-state index is 0. The van der Waals surface area contributed by atoms with Crippen LogP contribution in [0.1, 0.15) is 200 Å². The number of rotatable bonds is 5. The van der Waals surface area contributed by atoms with Crippen molar-refractivity contribution in [3.63, 3.8) is 0 Å². The number of amides is 2. The highest BCUT2D eigenvalue weighted by Gasteiger charge is 2.44. The highest BCUT2D eigenvalue weighted by atomic mass is 16.2. The van der Waals surface area contributed by atoms with E-state index in [9.17, 15) is 19.2 Å². The van der Waals surface area contributed by atoms with Gasteiger partial charge < -0.3 is 40.1 Å². The molecule has 12 fully saturated rings. The summed E-state index contributed by atoms with van der Waals surface area (Å²) in [5.41, 5.74) is 20.0. The molecule has 88 heavy (non-hydrogen) atoms. The Balaban J connectivity index is 0.000000111. The molecule has 13 aliphatic heterocycles. The Morgan fingerprint density at radius 2 is 1.01 bits per heavy atom. The van der Waals surface area contributed by atoms with Crippen LogP contribution >= 0.6 is 0 Å². The quantitative estimate of drug-likeness (QED) is 0.165. The molecule has 14 heterocycles. The zero-order valence-electron chi connectivity index (χ0n) is 52.3. The second-order valence-corrected chi connectivity index (χ2v) is 28.8. The summed E-state index contributed by atoms with van der Waals surface area (Å²) in [6, 6.07) is 26.8. The summed E-state index contributed by atoms with van der Waals surface area (Å²) in [6.45, 7) is 17.0. The third-order valence-corrected chi connectivity index (χ3v) is 23.7. The summed E-state index contributed by atoms with van der Waals surface area (Å²) in [5, 5.41) is 5.55. The largest absolute Gasteiger partial charge is 0.348 e. The van der Waals surface area contributed by atoms with E-state index in [1.807, 2.05) is 24.3 Å². The molecule has 3 N–H and O–H groups in total. The molecule has 472 valence electrons. The first-order chi connectivity index (χ1) is 42.6. The van der Waals surface area contributed by atoms with E-state index >= 15 is 0 Å². The lowest BCUT2D eigenvalue weighted by atomic mass is 9.75. The van der Waals surface area contributed by atoms with Gasteiger partial charge in [0.25, 0.3) is 17.4 Å². The molecule has 4 aliphatic carbocycles. The van der Waals surface area contributed by atoms with Gasteiger partial charge in [-0.15, -0.1) is 0 Å². The van der Waals surface area contributed by atoms with Crippen LogP contribution in [0.3, 0.4) is 0 Å². The number of piperidine rings is 12. The first kappa shape index (κ1) is 61.4. The molecule has 0 spiro atoms. The van der Waals surface area contributed by atoms with Gasteiger partial charge in [0.15, 0.2) is 5.78 Å². The molecule has 2 amide bonds. The van der Waals surface area contributed by atoms with Crippen molar-refractivity contribution in [3.8, 4) is 0 Å². The van der Waals surface area contributed by atoms with Gasteiger partial charge in [-0.25, -0.2) is 0 Å². The smallest absolute Gasteiger partial charge is 0.258 e. The lowest BCUT2D eigenvalue weighted by Gasteiger charge is -2.51. The Hall–Kier alpha value is -5.50. The van der Waals surface area contributed by atoms with Crippen LogP contribution < -0.4 is 16.6 Å². The fourth-order valence-electron chi connectivity index (χ4n) is 18.9. The van der Waals surface area contributed by atoms with E-state index in [-0.39, 0.29) is 26.1 Å². The van der Waals surface area contributed by atoms with E-state index in [4.69, 9.17) is 5.73 Å². The lowest BCUT2D eigenvalue weighted by Crippen LogP contribution is -2.60. The number of carbonyl (C=O) groups is 3. The molecule has 0 radical (unpaired) electrons. The lowest BCUT2D eigenvalue weighted by molar-refractivity contribution is 0.00257. The monoisotopic (exact) mass is 1190 g/mol. The number of ketones is 1. The summed E-state index contributed by atoms with van der Waals surface area (Å²) in [5.74, 6) is 4.25. The maximum atomic E-state index is 13.1. The fraction of sp³-hybridized carbons (Fsp3) is 0.605. The average molecular weight is 1190 g/mol. The van der Waals surface area contributed by atoms with E-state index in [0.717, 1.165) is 112 Å². The Bertz CT molecular complexity index is 3380. The number of fused-ring (bicyclic) bond motifs is 14. The van der Waals surface area contributed by atoms with Crippen LogP contribution in [0, 0.1) is 23.7 Å². The number of nitrogens with zero attached hydrogens (tertiary/aromatic N) is 6. The van der Waals surface area contributed by atoms with E-state index < -0.39 is 0 Å². The number of hydrogen-bond donors (Lipinski definition) is 2. The summed E-state index contributed by atoms with van der Waals surface area (Å²) >= 11 is 0. The molecule has 12 saturated heterocycles. The molecule has 1 aromatic heterocycles. The third-order valence-electron chi connectivity index (χ3n) is 23.7. The summed E-state index contributed by atoms with van der Waals surface area (Å²) in [7, 11) is 0. The van der Waals surface area contributed by atoms with Gasteiger partial charge in [-0.3, -0.25) is 19.2 Å². The Morgan fingerprint density at radius 1 is 0.500 bits per heavy atom. The molecule has 17 aliphatic rings. The highest BCUT2D eigenvalue weighted by Crippen LogP contribution is 2.43. The zero-order valence-corrected chi connectivity index (χ0v) is 52.3. The van der Waals surface area contributed by atoms with Crippen LogP contribution in [0.4, 0.5) is 0 Å². The number of carbonyl (C=O) groups excluding carboxylic acids is 3. The number of Topliss-reactive ketones (excluding diaryl/α,β-unsaturated/α-hetero) is 1. The first-order valence-corrected chi connectivity index (χ1v) is 34.8. The predicted octanol–water partition coefficient (Wildman–Crippen LogP) is 11.5. The molecule has 5 atom stereocenters. The Kier molecular flexibility index (Phi) is 18.9. The van der Waals surface area contributed by atoms with Gasteiger partial charge in [0.05, 0.1) is 6.04 Å². The minimum Gasteiger partial charge on any atom is -0.348 e. The molecular formula is C76H104N8O4. The van der Waals surface area contributed by atoms with E-state index in [1.165, 1.54) is 199 Å². The number of benzene rings is 4. The van der Waals surface area contributed by atoms with Crippen LogP contribution in [0.5, 0.6) is 0 Å². The molecule has 12 heteroatoms. The topological polar surface area (TPSA) is 127 Å². The van der Waals surface area contributed by atoms with Gasteiger partial charge in [-0.1, -0.05) is 62.0 Å². The maximum absolute atomic E-state index is 13.1. The molecular weight excluding hydrogens is 1090 g/mol. The zero-order chi connectivity index (χ0) is 59.1. The maximum Gasteiger partial charge on any atom is 0.258 e. The van der Waals surface area contributed by atoms with Crippen LogP contribution in [0.2, 0.25) is 0 Å². The summed E-state index contributed by atoms with van der Waals surface area (Å²) in [4.78, 5) is 62.6. The van der Waals surface area contributed by atoms with Crippen molar-refractivity contribution in [1.29, 1.82) is 0 Å². The van der Waals surface area contributed by atoms with E-state index in [0.29, 0.717) is 47.8 Å². The van der Waals surface area contributed by atoms with Crippen LogP contribution in [0.15, 0.2) is 83.8 Å². The van der Waals surface area contributed by atoms with Crippen LogP contribution in [0.25, 0.3) is 10.8 Å². The van der Waals surface area contributed by atoms with Gasteiger partial charge in [-0.05, 0) is 292 Å². The van der Waals surface area contributed by atoms with Crippen LogP contribution in [-0.2, 0) is 44.9 Å². The van der Waals surface area contributed by atoms with Crippen molar-refractivity contribution < 1.29 is 15.8 Å². The molecule has 0 saturated carbocycles. The third kappa shape index (κ3) is 12.7. The molecule has 12 nitrogen and oxygen atoms in total. The van der Waals surface area contributed by atoms with Crippen LogP contribution in [-0.4, -0.2) is 150 Å². The SMILES string of the molecule is C.CC(=O)c1cccc2c1CCCC2.N[C@@H]1CN2CCC1CC2.O=C(N[C@@H]1CN2CCC1CC2)c1cccc2c1CCCC2.O=C1c2cccc3c2[C@H](CCC3)CN1[C@@H]1CN2CCC1CC2.O=c1c2cccc3c2c(cn1[C@@H]1CN2CCC1CC2)CCC3.[HH]. The summed E-state index contributed by atoms with van der Waals surface area (Å²) < 4.78 is 2.10. The number of nitrogens with one attached hydrogen (secondary N) is 1. The van der Waals surface area contributed by atoms with Crippen molar-refractivity contribution in [2.75, 3.05) is 85.1 Å². The van der Waals surface area contributed by atoms with Gasteiger partial charge in [-0.2, -0.15) is 0 Å². The minimum absolute atomic E-state index is 0. The standard InChI is InChI=1S/C19H24N2O.C19H22N2O.C18H24N2O.C12H14O.C7H14N2.CH4.H2/c2*22-19-16-6-2-4-14-3-1-5-15(18(14)16)11-21(19)17-12-20-9-7-13(17)8-10-20;21-18(19-17-12-20-10-8-14(17)9-11-20)16-7-3-5-13-4-1-2-6-15(13)16;1-9(13)11-8-4-6-10-5-2-3-7-12(10)11;8-7-5-9-3-1-6(7)2-4-9;;/h2,4,6,13,15,17H,1,3,5,7-12H2;2,4,6,11,13,17H,1,3,5,7-10,12H2;3,5,7,14,17H,1-2,4,6,8-12H2,(H,19,21);4,6,8H,2-3,5,7H2,1H3;6-7H,1-5,8H2;1H4;1H/t15-,17-;2*17-;;7-;;/m111.1../s1. The average Bonchev–Trinajstić information content (AvgIpc) is 1.17. The first-order valence-electron chi connectivity index (χ1n) is 34.8. The van der Waals surface area contributed by atoms with Crippen molar-refractivity contribution in [3.05, 3.63) is 151 Å². The normalized spacial score (nSPS) is 31.2. The molecule has 8 bridgehead atoms. The Morgan fingerprint density at radius 3 is 1.59 bits per heavy atom. The van der Waals surface area contributed by atoms with E-state index in [1.54, 1.807) is 6.92 Å². The van der Waals surface area contributed by atoms with Crippen molar-refractivity contribution >= 4 is 28.4 Å². The number of aryl methyl sites for hydroxylation is 5. The van der Waals surface area contributed by atoms with Crippen molar-refractivity contribution in [2.45, 2.75) is 186 Å². The van der Waals surface area contributed by atoms with Gasteiger partial charge in [0.1, 0.15) is 0 Å². The molecule has 22 rings (SSSR count). The van der Waals surface area contributed by atoms with Gasteiger partial charge in [0.2, 0.25) is 0 Å². The number of nitrogens with two attached hydrogens (primary N) is 1. The predicted molar refractivity (Wildman–Crippen MR) is 357 cm³/mol. The number of aromatic nitrogens is 1. The van der Waals surface area contributed by atoms with Gasteiger partial charge >= 0.3 is 0 Å². The van der Waals surface area contributed by atoms with Crippen molar-refractivity contribution in [1.82, 2.24) is 34.4 Å². The number of pyridine rings is 1.